The predicted octanol–water partition coefficient (Wildman–Crippen LogP) is 1.14. The van der Waals surface area contributed by atoms with Crippen molar-refractivity contribution in [2.24, 2.45) is 11.3 Å². The fraction of sp³-hybridized carbons (Fsp3) is 0.933. The van der Waals surface area contributed by atoms with Gasteiger partial charge in [0.25, 0.3) is 0 Å². The third-order valence-corrected chi connectivity index (χ3v) is 5.46. The number of nitrogens with one attached hydrogen (secondary N) is 1. The summed E-state index contributed by atoms with van der Waals surface area (Å²) in [6.45, 7) is 3.11. The van der Waals surface area contributed by atoms with E-state index in [2.05, 4.69) is 5.32 Å². The lowest BCUT2D eigenvalue weighted by atomic mass is 9.91. The summed E-state index contributed by atoms with van der Waals surface area (Å²) >= 11 is 0. The lowest BCUT2D eigenvalue weighted by molar-refractivity contribution is -0.136. The normalized spacial score (nSPS) is 34.1. The van der Waals surface area contributed by atoms with Crippen LogP contribution in [0, 0.1) is 11.3 Å². The average molecular weight is 266 g/mol. The van der Waals surface area contributed by atoms with Crippen molar-refractivity contribution in [3.8, 4) is 0 Å². The zero-order valence-electron chi connectivity index (χ0n) is 11.7. The van der Waals surface area contributed by atoms with Crippen LogP contribution in [0.15, 0.2) is 0 Å². The molecular weight excluding hydrogens is 240 g/mol. The van der Waals surface area contributed by atoms with Gasteiger partial charge in [0.15, 0.2) is 0 Å². The highest BCUT2D eigenvalue weighted by Gasteiger charge is 2.58. The smallest absolute Gasteiger partial charge is 0.226 e. The van der Waals surface area contributed by atoms with E-state index < -0.39 is 0 Å². The van der Waals surface area contributed by atoms with Crippen LogP contribution in [-0.4, -0.2) is 48.2 Å². The minimum Gasteiger partial charge on any atom is -0.394 e. The number of amides is 1. The zero-order chi connectivity index (χ0) is 13.3. The van der Waals surface area contributed by atoms with Gasteiger partial charge >= 0.3 is 0 Å². The molecule has 0 bridgehead atoms. The van der Waals surface area contributed by atoms with E-state index >= 15 is 0 Å². The lowest BCUT2D eigenvalue weighted by Gasteiger charge is -2.31. The highest BCUT2D eigenvalue weighted by atomic mass is 16.3. The molecule has 19 heavy (non-hydrogen) atoms. The maximum absolute atomic E-state index is 12.8. The van der Waals surface area contributed by atoms with Crippen molar-refractivity contribution >= 4 is 5.91 Å². The van der Waals surface area contributed by atoms with E-state index in [9.17, 15) is 9.90 Å². The zero-order valence-corrected chi connectivity index (χ0v) is 11.7. The molecule has 0 aromatic carbocycles. The van der Waals surface area contributed by atoms with E-state index in [1.54, 1.807) is 0 Å². The molecule has 3 aliphatic rings. The number of aliphatic hydroxyl groups excluding tert-OH is 1. The van der Waals surface area contributed by atoms with Gasteiger partial charge in [-0.3, -0.25) is 4.79 Å². The number of piperidine rings is 1. The summed E-state index contributed by atoms with van der Waals surface area (Å²) in [4.78, 5) is 14.8. The highest BCUT2D eigenvalue weighted by molar-refractivity contribution is 5.83. The van der Waals surface area contributed by atoms with Crippen LogP contribution in [-0.2, 0) is 4.79 Å². The Bertz CT molecular complexity index is 339. The summed E-state index contributed by atoms with van der Waals surface area (Å²) in [7, 11) is 0. The number of hydrogen-bond donors (Lipinski definition) is 2. The first-order valence-electron chi connectivity index (χ1n) is 7.89. The first-order chi connectivity index (χ1) is 9.27. The van der Waals surface area contributed by atoms with Crippen LogP contribution >= 0.6 is 0 Å². The monoisotopic (exact) mass is 266 g/mol. The maximum Gasteiger partial charge on any atom is 0.226 e. The molecule has 2 saturated heterocycles. The van der Waals surface area contributed by atoms with E-state index in [0.717, 1.165) is 58.2 Å². The van der Waals surface area contributed by atoms with Gasteiger partial charge in [-0.05, 0) is 50.6 Å². The second-order valence-corrected chi connectivity index (χ2v) is 6.59. The largest absolute Gasteiger partial charge is 0.394 e. The van der Waals surface area contributed by atoms with E-state index in [0.29, 0.717) is 11.3 Å². The molecule has 2 atom stereocenters. The number of carbonyl (C=O) groups excluding carboxylic acids is 1. The number of rotatable bonds is 2. The second-order valence-electron chi connectivity index (χ2n) is 6.59. The molecule has 0 radical (unpaired) electrons. The SMILES string of the molecule is O=C(C1CC12CCNCC2)N1CCCCCC1CO. The van der Waals surface area contributed by atoms with Gasteiger partial charge < -0.3 is 15.3 Å². The van der Waals surface area contributed by atoms with Crippen molar-refractivity contribution in [3.63, 3.8) is 0 Å². The Morgan fingerprint density at radius 2 is 2.05 bits per heavy atom. The molecular formula is C15H26N2O2. The van der Waals surface area contributed by atoms with Crippen LogP contribution in [0.1, 0.15) is 44.9 Å². The molecule has 2 N–H and O–H groups in total. The summed E-state index contributed by atoms with van der Waals surface area (Å²) in [5, 5.41) is 12.9. The Balaban J connectivity index is 1.66. The fourth-order valence-corrected chi connectivity index (χ4v) is 4.03. The quantitative estimate of drug-likeness (QED) is 0.788. The number of likely N-dealkylation sites (tertiary alicyclic amines) is 1. The molecule has 1 aliphatic carbocycles. The lowest BCUT2D eigenvalue weighted by Crippen LogP contribution is -2.44. The number of nitrogens with zero attached hydrogens (tertiary/aromatic N) is 1. The first kappa shape index (κ1) is 13.4. The van der Waals surface area contributed by atoms with E-state index in [1.807, 2.05) is 4.90 Å². The number of aliphatic hydroxyl groups is 1. The Hall–Kier alpha value is -0.610. The van der Waals surface area contributed by atoms with Crippen molar-refractivity contribution in [2.45, 2.75) is 51.0 Å². The molecule has 0 aromatic heterocycles. The van der Waals surface area contributed by atoms with E-state index in [-0.39, 0.29) is 18.6 Å². The Morgan fingerprint density at radius 1 is 1.26 bits per heavy atom. The number of carbonyl (C=O) groups is 1. The van der Waals surface area contributed by atoms with Crippen molar-refractivity contribution in [2.75, 3.05) is 26.2 Å². The summed E-state index contributed by atoms with van der Waals surface area (Å²) in [5.74, 6) is 0.588. The molecule has 2 heterocycles. The Kier molecular flexibility index (Phi) is 3.81. The molecule has 4 heteroatoms. The molecule has 1 saturated carbocycles. The van der Waals surface area contributed by atoms with Gasteiger partial charge in [-0.25, -0.2) is 0 Å². The predicted molar refractivity (Wildman–Crippen MR) is 73.7 cm³/mol. The maximum atomic E-state index is 12.8. The molecule has 4 nitrogen and oxygen atoms in total. The minimum atomic E-state index is 0.0781. The third kappa shape index (κ3) is 2.52. The molecule has 0 aromatic rings. The van der Waals surface area contributed by atoms with Crippen LogP contribution in [0.2, 0.25) is 0 Å². The fourth-order valence-electron chi connectivity index (χ4n) is 4.03. The molecule has 108 valence electrons. The topological polar surface area (TPSA) is 52.6 Å². The number of hydrogen-bond acceptors (Lipinski definition) is 3. The summed E-state index contributed by atoms with van der Waals surface area (Å²) in [5.41, 5.74) is 0.314. The van der Waals surface area contributed by atoms with Gasteiger partial charge in [0, 0.05) is 12.5 Å². The Morgan fingerprint density at radius 3 is 2.79 bits per heavy atom. The molecule has 2 aliphatic heterocycles. The summed E-state index contributed by atoms with van der Waals surface area (Å²) in [6.07, 6.45) is 7.81. The average Bonchev–Trinajstić information content (AvgIpc) is 3.18. The summed E-state index contributed by atoms with van der Waals surface area (Å²) in [6, 6.07) is 0.0781. The van der Waals surface area contributed by atoms with Crippen molar-refractivity contribution < 1.29 is 9.90 Å². The van der Waals surface area contributed by atoms with Crippen LogP contribution in [0.4, 0.5) is 0 Å². The van der Waals surface area contributed by atoms with Gasteiger partial charge in [-0.2, -0.15) is 0 Å². The van der Waals surface area contributed by atoms with Gasteiger partial charge in [-0.1, -0.05) is 12.8 Å². The minimum absolute atomic E-state index is 0.0781. The van der Waals surface area contributed by atoms with Crippen LogP contribution < -0.4 is 5.32 Å². The third-order valence-electron chi connectivity index (χ3n) is 5.46. The standard InChI is InChI=1S/C15H26N2O2/c18-11-12-4-2-1-3-9-17(12)14(19)13-10-15(13)5-7-16-8-6-15/h12-13,16,18H,1-11H2. The van der Waals surface area contributed by atoms with Gasteiger partial charge in [0.1, 0.15) is 0 Å². The van der Waals surface area contributed by atoms with E-state index in [4.69, 9.17) is 0 Å². The van der Waals surface area contributed by atoms with Crippen molar-refractivity contribution in [1.29, 1.82) is 0 Å². The van der Waals surface area contributed by atoms with Gasteiger partial charge in [-0.15, -0.1) is 0 Å². The van der Waals surface area contributed by atoms with E-state index in [1.165, 1.54) is 6.42 Å². The van der Waals surface area contributed by atoms with Crippen molar-refractivity contribution in [1.82, 2.24) is 10.2 Å². The summed E-state index contributed by atoms with van der Waals surface area (Å²) < 4.78 is 0. The van der Waals surface area contributed by atoms with Gasteiger partial charge in [0.05, 0.1) is 12.6 Å². The molecule has 1 spiro atoms. The van der Waals surface area contributed by atoms with Gasteiger partial charge in [0.2, 0.25) is 5.91 Å². The highest BCUT2D eigenvalue weighted by Crippen LogP contribution is 2.59. The van der Waals surface area contributed by atoms with Crippen LogP contribution in [0.5, 0.6) is 0 Å². The molecule has 1 amide bonds. The first-order valence-corrected chi connectivity index (χ1v) is 7.89. The Labute approximate surface area is 115 Å². The molecule has 3 fully saturated rings. The molecule has 2 unspecified atom stereocenters. The van der Waals surface area contributed by atoms with Crippen molar-refractivity contribution in [3.05, 3.63) is 0 Å². The second kappa shape index (κ2) is 5.41. The molecule has 3 rings (SSSR count). The van der Waals surface area contributed by atoms with Crippen LogP contribution in [0.3, 0.4) is 0 Å². The van der Waals surface area contributed by atoms with Crippen LogP contribution in [0.25, 0.3) is 0 Å².